The Labute approximate surface area is 194 Å². The minimum Gasteiger partial charge on any atom is -0.467 e. The third-order valence-electron chi connectivity index (χ3n) is 6.28. The maximum Gasteiger partial charge on any atom is 0.328 e. The van der Waals surface area contributed by atoms with Crippen molar-refractivity contribution in [2.24, 2.45) is 11.7 Å². The van der Waals surface area contributed by atoms with Gasteiger partial charge < -0.3 is 20.8 Å². The van der Waals surface area contributed by atoms with E-state index in [1.165, 1.54) is 7.11 Å². The van der Waals surface area contributed by atoms with Crippen molar-refractivity contribution in [1.82, 2.24) is 20.2 Å². The Morgan fingerprint density at radius 3 is 2.78 bits per heavy atom. The van der Waals surface area contributed by atoms with Gasteiger partial charge in [-0.2, -0.15) is 11.8 Å². The minimum absolute atomic E-state index is 0.0337. The van der Waals surface area contributed by atoms with E-state index in [4.69, 9.17) is 10.5 Å². The summed E-state index contributed by atoms with van der Waals surface area (Å²) in [5.74, 6) is 0.0846. The van der Waals surface area contributed by atoms with Crippen LogP contribution in [0.25, 0.3) is 0 Å². The first-order chi connectivity index (χ1) is 15.3. The Hall–Kier alpha value is -1.91. The zero-order valence-corrected chi connectivity index (χ0v) is 20.3. The summed E-state index contributed by atoms with van der Waals surface area (Å²) in [7, 11) is 1.32. The molecule has 4 N–H and O–H groups in total. The molecule has 9 nitrogen and oxygen atoms in total. The lowest BCUT2D eigenvalue weighted by Gasteiger charge is -2.37. The fraction of sp³-hybridized carbons (Fsp3) is 0.727. The smallest absolute Gasteiger partial charge is 0.328 e. The summed E-state index contributed by atoms with van der Waals surface area (Å²) in [6.45, 7) is 4.68. The number of hydrogen-bond donors (Lipinski definition) is 3. The van der Waals surface area contributed by atoms with Crippen LogP contribution in [0.4, 0.5) is 0 Å². The molecule has 1 aromatic heterocycles. The second kappa shape index (κ2) is 13.0. The fourth-order valence-corrected chi connectivity index (χ4v) is 4.65. The number of esters is 1. The van der Waals surface area contributed by atoms with Crippen molar-refractivity contribution in [3.05, 3.63) is 18.2 Å². The van der Waals surface area contributed by atoms with Gasteiger partial charge in [0.15, 0.2) is 5.78 Å². The van der Waals surface area contributed by atoms with Crippen molar-refractivity contribution in [1.29, 1.82) is 0 Å². The molecular formula is C22H37N5O4S. The van der Waals surface area contributed by atoms with Crippen LogP contribution < -0.4 is 11.1 Å². The molecule has 0 aliphatic carbocycles. The summed E-state index contributed by atoms with van der Waals surface area (Å²) in [5, 5.41) is 2.86. The molecule has 0 spiro atoms. The summed E-state index contributed by atoms with van der Waals surface area (Å²) >= 11 is 1.60. The second-order valence-electron chi connectivity index (χ2n) is 8.39. The van der Waals surface area contributed by atoms with Crippen LogP contribution in [0, 0.1) is 5.92 Å². The number of ether oxygens (including phenoxy) is 1. The molecule has 1 saturated heterocycles. The maximum absolute atomic E-state index is 13.4. The molecule has 1 fully saturated rings. The molecule has 32 heavy (non-hydrogen) atoms. The first kappa shape index (κ1) is 26.3. The summed E-state index contributed by atoms with van der Waals surface area (Å²) in [5.41, 5.74) is 7.31. The van der Waals surface area contributed by atoms with E-state index < -0.39 is 30.1 Å². The quantitative estimate of drug-likeness (QED) is 0.368. The largest absolute Gasteiger partial charge is 0.467 e. The number of amides is 1. The highest BCUT2D eigenvalue weighted by molar-refractivity contribution is 7.98. The first-order valence-electron chi connectivity index (χ1n) is 11.2. The Balaban J connectivity index is 2.22. The van der Waals surface area contributed by atoms with Gasteiger partial charge in [0.25, 0.3) is 0 Å². The van der Waals surface area contributed by atoms with Gasteiger partial charge in [0, 0.05) is 24.4 Å². The van der Waals surface area contributed by atoms with E-state index in [2.05, 4.69) is 15.3 Å². The van der Waals surface area contributed by atoms with Crippen LogP contribution in [0.5, 0.6) is 0 Å². The number of nitrogens with zero attached hydrogens (tertiary/aromatic N) is 2. The highest BCUT2D eigenvalue weighted by atomic mass is 32.2. The van der Waals surface area contributed by atoms with Crippen LogP contribution >= 0.6 is 11.8 Å². The number of hydrogen-bond acceptors (Lipinski definition) is 8. The molecule has 1 aromatic rings. The van der Waals surface area contributed by atoms with Gasteiger partial charge in [-0.05, 0) is 43.7 Å². The number of rotatable bonds is 13. The molecule has 1 amide bonds. The number of H-pyrrole nitrogens is 1. The number of carbonyl (C=O) groups excluding carboxylic acids is 3. The second-order valence-corrected chi connectivity index (χ2v) is 9.37. The molecule has 5 atom stereocenters. The molecular weight excluding hydrogens is 430 g/mol. The minimum atomic E-state index is -0.704. The molecule has 0 saturated carbocycles. The molecule has 10 heteroatoms. The number of methoxy groups -OCH3 is 1. The van der Waals surface area contributed by atoms with Crippen molar-refractivity contribution in [3.63, 3.8) is 0 Å². The topological polar surface area (TPSA) is 130 Å². The number of nitrogens with two attached hydrogens (primary N) is 1. The molecule has 0 bridgehead atoms. The Morgan fingerprint density at radius 2 is 2.19 bits per heavy atom. The maximum atomic E-state index is 13.4. The summed E-state index contributed by atoms with van der Waals surface area (Å²) in [6.07, 6.45) is 8.01. The van der Waals surface area contributed by atoms with E-state index in [1.807, 2.05) is 25.0 Å². The van der Waals surface area contributed by atoms with Crippen LogP contribution in [0.3, 0.4) is 0 Å². The van der Waals surface area contributed by atoms with Crippen LogP contribution in [0.2, 0.25) is 0 Å². The highest BCUT2D eigenvalue weighted by Crippen LogP contribution is 2.26. The van der Waals surface area contributed by atoms with Crippen LogP contribution in [0.15, 0.2) is 12.5 Å². The van der Waals surface area contributed by atoms with E-state index in [9.17, 15) is 14.4 Å². The van der Waals surface area contributed by atoms with Crippen LogP contribution in [-0.2, 0) is 25.5 Å². The first-order valence-corrected chi connectivity index (χ1v) is 12.6. The zero-order valence-electron chi connectivity index (χ0n) is 19.5. The van der Waals surface area contributed by atoms with E-state index in [1.54, 1.807) is 24.3 Å². The van der Waals surface area contributed by atoms with Gasteiger partial charge in [-0.15, -0.1) is 0 Å². The third-order valence-corrected chi connectivity index (χ3v) is 6.93. The van der Waals surface area contributed by atoms with Gasteiger partial charge in [0.1, 0.15) is 6.04 Å². The van der Waals surface area contributed by atoms with Gasteiger partial charge in [-0.3, -0.25) is 14.5 Å². The van der Waals surface area contributed by atoms with Crippen molar-refractivity contribution < 1.29 is 19.1 Å². The molecule has 2 heterocycles. The average Bonchev–Trinajstić information content (AvgIpc) is 3.47. The predicted molar refractivity (Wildman–Crippen MR) is 125 cm³/mol. The summed E-state index contributed by atoms with van der Waals surface area (Å²) in [4.78, 5) is 47.6. The van der Waals surface area contributed by atoms with Gasteiger partial charge >= 0.3 is 5.97 Å². The number of aromatic amines is 1. The monoisotopic (exact) mass is 467 g/mol. The Kier molecular flexibility index (Phi) is 10.7. The van der Waals surface area contributed by atoms with E-state index in [0.717, 1.165) is 24.3 Å². The number of imidazole rings is 1. The molecule has 0 aromatic carbocycles. The SMILES string of the molecule is CCC(C)C(N)C(C(=O)Cc1cnc[nH]1)N1CCCC1C(=O)NC(CCSC)C(=O)OC. The Bertz CT molecular complexity index is 745. The summed E-state index contributed by atoms with van der Waals surface area (Å²) < 4.78 is 4.87. The van der Waals surface area contributed by atoms with Gasteiger partial charge in [0.2, 0.25) is 5.91 Å². The average molecular weight is 468 g/mol. The number of Topliss-reactive ketones (excluding diaryl/α,β-unsaturated/α-hetero) is 1. The molecule has 5 unspecified atom stereocenters. The molecule has 1 aliphatic rings. The lowest BCUT2D eigenvalue weighted by molar-refractivity contribution is -0.146. The van der Waals surface area contributed by atoms with Crippen molar-refractivity contribution in [2.45, 2.75) is 70.1 Å². The zero-order chi connectivity index (χ0) is 23.7. The van der Waals surface area contributed by atoms with Gasteiger partial charge in [-0.1, -0.05) is 20.3 Å². The number of likely N-dealkylation sites (tertiary alicyclic amines) is 1. The van der Waals surface area contributed by atoms with Crippen molar-refractivity contribution in [2.75, 3.05) is 25.7 Å². The van der Waals surface area contributed by atoms with Crippen LogP contribution in [0.1, 0.15) is 45.2 Å². The molecule has 180 valence electrons. The van der Waals surface area contributed by atoms with Gasteiger partial charge in [0.05, 0.1) is 25.5 Å². The van der Waals surface area contributed by atoms with Crippen molar-refractivity contribution in [3.8, 4) is 0 Å². The van der Waals surface area contributed by atoms with Crippen LogP contribution in [-0.4, -0.2) is 82.4 Å². The number of thioether (sulfide) groups is 1. The lowest BCUT2D eigenvalue weighted by atomic mass is 9.88. The number of ketones is 1. The normalized spacial score (nSPS) is 20.3. The Morgan fingerprint density at radius 1 is 1.44 bits per heavy atom. The van der Waals surface area contributed by atoms with E-state index in [0.29, 0.717) is 19.4 Å². The number of carbonyl (C=O) groups is 3. The van der Waals surface area contributed by atoms with Gasteiger partial charge in [-0.25, -0.2) is 9.78 Å². The summed E-state index contributed by atoms with van der Waals surface area (Å²) in [6, 6.07) is -2.21. The number of aromatic nitrogens is 2. The highest BCUT2D eigenvalue weighted by Gasteiger charge is 2.43. The fourth-order valence-electron chi connectivity index (χ4n) is 4.18. The lowest BCUT2D eigenvalue weighted by Crippen LogP contribution is -2.60. The molecule has 1 aliphatic heterocycles. The van der Waals surface area contributed by atoms with E-state index >= 15 is 0 Å². The standard InChI is InChI=1S/C22H37N5O4S/c1-5-14(2)19(23)20(18(28)11-15-12-24-13-25-15)27-9-6-7-17(27)21(29)26-16(8-10-32-4)22(30)31-3/h12-14,16-17,19-20H,5-11,23H2,1-4H3,(H,24,25)(H,26,29). The third kappa shape index (κ3) is 6.79. The number of nitrogens with one attached hydrogen (secondary N) is 2. The predicted octanol–water partition coefficient (Wildman–Crippen LogP) is 1.14. The van der Waals surface area contributed by atoms with Crippen molar-refractivity contribution >= 4 is 29.4 Å². The molecule has 0 radical (unpaired) electrons. The van der Waals surface area contributed by atoms with E-state index in [-0.39, 0.29) is 24.0 Å². The molecule has 2 rings (SSSR count).